The standard InChI is InChI=1S/C27H28N4O2/c1-3-30(22-9-5-4-6-10-22)26(32)19-31-24-12-8-7-11-23(24)29-25(31)17-18-28-27(33)21-15-13-20(2)14-16-21/h4-16H,3,17-19H2,1-2H3,(H,28,33). The van der Waals surface area contributed by atoms with Crippen molar-refractivity contribution in [2.75, 3.05) is 18.0 Å². The van der Waals surface area contributed by atoms with Gasteiger partial charge in [0.15, 0.2) is 0 Å². The highest BCUT2D eigenvalue weighted by Crippen LogP contribution is 2.19. The van der Waals surface area contributed by atoms with Gasteiger partial charge in [0, 0.05) is 30.8 Å². The average molecular weight is 441 g/mol. The Morgan fingerprint density at radius 3 is 2.36 bits per heavy atom. The van der Waals surface area contributed by atoms with E-state index in [-0.39, 0.29) is 18.4 Å². The summed E-state index contributed by atoms with van der Waals surface area (Å²) in [4.78, 5) is 32.2. The van der Waals surface area contributed by atoms with Crippen molar-refractivity contribution in [3.63, 3.8) is 0 Å². The maximum Gasteiger partial charge on any atom is 0.251 e. The number of carbonyl (C=O) groups is 2. The van der Waals surface area contributed by atoms with Crippen LogP contribution in [0.4, 0.5) is 5.69 Å². The largest absolute Gasteiger partial charge is 0.352 e. The zero-order chi connectivity index (χ0) is 23.2. The molecule has 4 rings (SSSR count). The molecule has 0 saturated heterocycles. The van der Waals surface area contributed by atoms with Crippen molar-refractivity contribution >= 4 is 28.5 Å². The van der Waals surface area contributed by atoms with E-state index in [0.717, 1.165) is 28.1 Å². The highest BCUT2D eigenvalue weighted by atomic mass is 16.2. The summed E-state index contributed by atoms with van der Waals surface area (Å²) in [5.41, 5.74) is 4.37. The Morgan fingerprint density at radius 2 is 1.64 bits per heavy atom. The van der Waals surface area contributed by atoms with Crippen LogP contribution in [-0.4, -0.2) is 34.5 Å². The van der Waals surface area contributed by atoms with E-state index in [1.807, 2.05) is 97.3 Å². The van der Waals surface area contributed by atoms with Crippen LogP contribution in [0.15, 0.2) is 78.9 Å². The van der Waals surface area contributed by atoms with Crippen LogP contribution in [0.2, 0.25) is 0 Å². The summed E-state index contributed by atoms with van der Waals surface area (Å²) < 4.78 is 1.96. The van der Waals surface area contributed by atoms with Gasteiger partial charge in [-0.05, 0) is 50.2 Å². The van der Waals surface area contributed by atoms with Crippen LogP contribution in [0.3, 0.4) is 0 Å². The molecule has 0 saturated carbocycles. The summed E-state index contributed by atoms with van der Waals surface area (Å²) in [6.07, 6.45) is 0.525. The van der Waals surface area contributed by atoms with Gasteiger partial charge in [0.05, 0.1) is 11.0 Å². The van der Waals surface area contributed by atoms with Gasteiger partial charge in [-0.2, -0.15) is 0 Å². The molecule has 168 valence electrons. The summed E-state index contributed by atoms with van der Waals surface area (Å²) >= 11 is 0. The molecule has 0 aliphatic heterocycles. The number of aryl methyl sites for hydroxylation is 1. The monoisotopic (exact) mass is 440 g/mol. The van der Waals surface area contributed by atoms with Gasteiger partial charge in [0.1, 0.15) is 12.4 Å². The zero-order valence-electron chi connectivity index (χ0n) is 19.0. The molecule has 0 spiro atoms. The molecule has 1 N–H and O–H groups in total. The molecule has 0 aliphatic rings. The molecular weight excluding hydrogens is 412 g/mol. The number of benzene rings is 3. The Kier molecular flexibility index (Phi) is 6.83. The summed E-state index contributed by atoms with van der Waals surface area (Å²) in [5, 5.41) is 2.96. The number of anilines is 1. The van der Waals surface area contributed by atoms with Crippen molar-refractivity contribution in [1.82, 2.24) is 14.9 Å². The number of nitrogens with zero attached hydrogens (tertiary/aromatic N) is 3. The van der Waals surface area contributed by atoms with Gasteiger partial charge in [-0.25, -0.2) is 4.98 Å². The van der Waals surface area contributed by atoms with Crippen molar-refractivity contribution in [3.8, 4) is 0 Å². The lowest BCUT2D eigenvalue weighted by atomic mass is 10.1. The highest BCUT2D eigenvalue weighted by molar-refractivity contribution is 5.94. The van der Waals surface area contributed by atoms with E-state index in [4.69, 9.17) is 4.98 Å². The van der Waals surface area contributed by atoms with Gasteiger partial charge in [0.25, 0.3) is 5.91 Å². The van der Waals surface area contributed by atoms with E-state index in [2.05, 4.69) is 5.32 Å². The normalized spacial score (nSPS) is 10.8. The molecule has 1 aromatic heterocycles. The second-order valence-corrected chi connectivity index (χ2v) is 7.95. The Labute approximate surface area is 193 Å². The van der Waals surface area contributed by atoms with E-state index in [1.165, 1.54) is 0 Å². The third-order valence-corrected chi connectivity index (χ3v) is 5.66. The van der Waals surface area contributed by atoms with Crippen LogP contribution < -0.4 is 10.2 Å². The molecule has 2 amide bonds. The minimum absolute atomic E-state index is 0.00297. The molecule has 1 heterocycles. The van der Waals surface area contributed by atoms with Gasteiger partial charge in [0.2, 0.25) is 5.91 Å². The van der Waals surface area contributed by atoms with Crippen molar-refractivity contribution in [3.05, 3.63) is 95.8 Å². The van der Waals surface area contributed by atoms with Crippen molar-refractivity contribution in [1.29, 1.82) is 0 Å². The fourth-order valence-electron chi connectivity index (χ4n) is 3.92. The van der Waals surface area contributed by atoms with Crippen LogP contribution in [0.5, 0.6) is 0 Å². The van der Waals surface area contributed by atoms with Gasteiger partial charge in [-0.1, -0.05) is 48.0 Å². The summed E-state index contributed by atoms with van der Waals surface area (Å²) in [5.74, 6) is 0.657. The lowest BCUT2D eigenvalue weighted by Gasteiger charge is -2.22. The second kappa shape index (κ2) is 10.1. The number of imidazole rings is 1. The van der Waals surface area contributed by atoms with E-state index in [9.17, 15) is 9.59 Å². The van der Waals surface area contributed by atoms with E-state index in [1.54, 1.807) is 4.90 Å². The van der Waals surface area contributed by atoms with Gasteiger partial charge < -0.3 is 14.8 Å². The van der Waals surface area contributed by atoms with Crippen LogP contribution in [0, 0.1) is 6.92 Å². The molecular formula is C27H28N4O2. The molecule has 0 aliphatic carbocycles. The molecule has 0 atom stereocenters. The lowest BCUT2D eigenvalue weighted by Crippen LogP contribution is -2.34. The Balaban J connectivity index is 1.51. The number of nitrogens with one attached hydrogen (secondary N) is 1. The highest BCUT2D eigenvalue weighted by Gasteiger charge is 2.18. The Morgan fingerprint density at radius 1 is 0.939 bits per heavy atom. The number of hydrogen-bond acceptors (Lipinski definition) is 3. The minimum Gasteiger partial charge on any atom is -0.352 e. The molecule has 0 unspecified atom stereocenters. The first-order valence-electron chi connectivity index (χ1n) is 11.2. The molecule has 0 bridgehead atoms. The first kappa shape index (κ1) is 22.3. The second-order valence-electron chi connectivity index (χ2n) is 7.95. The first-order valence-corrected chi connectivity index (χ1v) is 11.2. The van der Waals surface area contributed by atoms with Gasteiger partial charge in [-0.3, -0.25) is 9.59 Å². The predicted molar refractivity (Wildman–Crippen MR) is 131 cm³/mol. The van der Waals surface area contributed by atoms with Crippen molar-refractivity contribution < 1.29 is 9.59 Å². The van der Waals surface area contributed by atoms with E-state index >= 15 is 0 Å². The minimum atomic E-state index is -0.116. The Hall–Kier alpha value is -3.93. The summed E-state index contributed by atoms with van der Waals surface area (Å²) in [6, 6.07) is 25.0. The van der Waals surface area contributed by atoms with Crippen LogP contribution in [0.25, 0.3) is 11.0 Å². The number of aromatic nitrogens is 2. The third-order valence-electron chi connectivity index (χ3n) is 5.66. The molecule has 4 aromatic rings. The number of rotatable bonds is 8. The van der Waals surface area contributed by atoms with Crippen LogP contribution in [-0.2, 0) is 17.8 Å². The topological polar surface area (TPSA) is 67.2 Å². The molecule has 0 fully saturated rings. The fraction of sp³-hybridized carbons (Fsp3) is 0.222. The maximum atomic E-state index is 13.2. The molecule has 0 radical (unpaired) electrons. The smallest absolute Gasteiger partial charge is 0.251 e. The van der Waals surface area contributed by atoms with Crippen LogP contribution >= 0.6 is 0 Å². The van der Waals surface area contributed by atoms with Gasteiger partial charge in [-0.15, -0.1) is 0 Å². The summed E-state index contributed by atoms with van der Waals surface area (Å²) in [6.45, 7) is 5.16. The molecule has 6 heteroatoms. The lowest BCUT2D eigenvalue weighted by molar-refractivity contribution is -0.119. The maximum absolute atomic E-state index is 13.2. The number of hydrogen-bond donors (Lipinski definition) is 1. The zero-order valence-corrected chi connectivity index (χ0v) is 19.0. The van der Waals surface area contributed by atoms with Crippen molar-refractivity contribution in [2.45, 2.75) is 26.8 Å². The van der Waals surface area contributed by atoms with E-state index in [0.29, 0.717) is 25.1 Å². The SMILES string of the molecule is CCN(C(=O)Cn1c(CCNC(=O)c2ccc(C)cc2)nc2ccccc21)c1ccccc1. The quantitative estimate of drug-likeness (QED) is 0.442. The Bertz CT molecular complexity index is 1250. The number of carbonyl (C=O) groups excluding carboxylic acids is 2. The fourth-order valence-corrected chi connectivity index (χ4v) is 3.92. The molecule has 33 heavy (non-hydrogen) atoms. The van der Waals surface area contributed by atoms with Crippen molar-refractivity contribution in [2.24, 2.45) is 0 Å². The van der Waals surface area contributed by atoms with Crippen LogP contribution in [0.1, 0.15) is 28.7 Å². The number of likely N-dealkylation sites (N-methyl/N-ethyl adjacent to an activating group) is 1. The predicted octanol–water partition coefficient (Wildman–Crippen LogP) is 4.37. The van der Waals surface area contributed by atoms with Gasteiger partial charge >= 0.3 is 0 Å². The third kappa shape index (κ3) is 5.12. The molecule has 6 nitrogen and oxygen atoms in total. The average Bonchev–Trinajstić information content (AvgIpc) is 3.18. The molecule has 3 aromatic carbocycles. The van der Waals surface area contributed by atoms with E-state index < -0.39 is 0 Å². The summed E-state index contributed by atoms with van der Waals surface area (Å²) in [7, 11) is 0. The number of amides is 2. The first-order chi connectivity index (χ1) is 16.1. The number of fused-ring (bicyclic) bond motifs is 1. The number of para-hydroxylation sites is 3.